The van der Waals surface area contributed by atoms with E-state index < -0.39 is 0 Å². The zero-order valence-electron chi connectivity index (χ0n) is 8.67. The number of hydrogen-bond acceptors (Lipinski definition) is 2. The maximum absolute atomic E-state index is 8.71. The molecule has 0 spiro atoms. The lowest BCUT2D eigenvalue weighted by atomic mass is 10.2. The van der Waals surface area contributed by atoms with Gasteiger partial charge in [0.1, 0.15) is 11.8 Å². The van der Waals surface area contributed by atoms with Gasteiger partial charge in [-0.2, -0.15) is 5.26 Å². The highest BCUT2D eigenvalue weighted by atomic mass is 14.7. The van der Waals surface area contributed by atoms with Crippen molar-refractivity contribution in [2.24, 2.45) is 0 Å². The molecule has 76 valence electrons. The van der Waals surface area contributed by atoms with E-state index in [2.05, 4.69) is 4.98 Å². The van der Waals surface area contributed by atoms with Gasteiger partial charge in [0.2, 0.25) is 0 Å². The molecule has 0 unspecified atom stereocenters. The van der Waals surface area contributed by atoms with Crippen LogP contribution in [0.25, 0.3) is 12.2 Å². The van der Waals surface area contributed by atoms with Crippen LogP contribution in [0, 0.1) is 11.3 Å². The number of nitrogens with zero attached hydrogens (tertiary/aromatic N) is 2. The summed E-state index contributed by atoms with van der Waals surface area (Å²) >= 11 is 0. The normalized spacial score (nSPS) is 10.2. The molecule has 0 aliphatic heterocycles. The quantitative estimate of drug-likeness (QED) is 0.756. The smallest absolute Gasteiger partial charge is 0.141 e. The van der Waals surface area contributed by atoms with Crippen LogP contribution in [-0.2, 0) is 0 Å². The number of rotatable bonds is 2. The van der Waals surface area contributed by atoms with Crippen LogP contribution >= 0.6 is 0 Å². The summed E-state index contributed by atoms with van der Waals surface area (Å²) in [6.07, 6.45) is 3.87. The minimum absolute atomic E-state index is 0.440. The lowest BCUT2D eigenvalue weighted by molar-refractivity contribution is 1.24. The highest BCUT2D eigenvalue weighted by molar-refractivity contribution is 5.67. The van der Waals surface area contributed by atoms with Gasteiger partial charge in [-0.15, -0.1) is 0 Å². The lowest BCUT2D eigenvalue weighted by Crippen LogP contribution is -1.84. The van der Waals surface area contributed by atoms with Crippen LogP contribution in [-0.4, -0.2) is 4.98 Å². The summed E-state index contributed by atoms with van der Waals surface area (Å²) < 4.78 is 0. The Bertz CT molecular complexity index is 536. The van der Waals surface area contributed by atoms with Gasteiger partial charge in [-0.25, -0.2) is 4.98 Å². The third-order valence-electron chi connectivity index (χ3n) is 2.13. The lowest BCUT2D eigenvalue weighted by Gasteiger charge is -1.94. The molecule has 2 rings (SSSR count). The highest BCUT2D eigenvalue weighted by Crippen LogP contribution is 2.06. The maximum atomic E-state index is 8.71. The minimum atomic E-state index is 0.440. The molecule has 0 N–H and O–H groups in total. The van der Waals surface area contributed by atoms with E-state index in [0.717, 1.165) is 11.3 Å². The molecule has 0 aliphatic carbocycles. The molecule has 0 bridgehead atoms. The molecule has 16 heavy (non-hydrogen) atoms. The Balaban J connectivity index is 2.21. The first-order chi connectivity index (χ1) is 7.88. The van der Waals surface area contributed by atoms with Gasteiger partial charge >= 0.3 is 0 Å². The summed E-state index contributed by atoms with van der Waals surface area (Å²) in [5, 5.41) is 8.71. The second kappa shape index (κ2) is 4.90. The van der Waals surface area contributed by atoms with Crippen molar-refractivity contribution in [1.82, 2.24) is 4.98 Å². The van der Waals surface area contributed by atoms with Crippen molar-refractivity contribution in [3.63, 3.8) is 0 Å². The first-order valence-corrected chi connectivity index (χ1v) is 4.99. The largest absolute Gasteiger partial charge is 0.238 e. The van der Waals surface area contributed by atoms with Crippen LogP contribution in [0.15, 0.2) is 48.5 Å². The molecule has 0 radical (unpaired) electrons. The van der Waals surface area contributed by atoms with Crippen molar-refractivity contribution in [2.75, 3.05) is 0 Å². The van der Waals surface area contributed by atoms with Gasteiger partial charge < -0.3 is 0 Å². The molecule has 1 aromatic carbocycles. The van der Waals surface area contributed by atoms with Crippen molar-refractivity contribution >= 4 is 12.2 Å². The van der Waals surface area contributed by atoms with E-state index >= 15 is 0 Å². The first-order valence-electron chi connectivity index (χ1n) is 4.99. The van der Waals surface area contributed by atoms with Crippen molar-refractivity contribution in [2.45, 2.75) is 0 Å². The van der Waals surface area contributed by atoms with Gasteiger partial charge in [-0.3, -0.25) is 0 Å². The SMILES string of the molecule is N#Cc1cccc(C=Cc2ccccc2)n1. The van der Waals surface area contributed by atoms with Crippen LogP contribution in [0.3, 0.4) is 0 Å². The molecule has 1 heterocycles. The standard InChI is InChI=1S/C14H10N2/c15-11-14-8-4-7-13(16-14)10-9-12-5-2-1-3-6-12/h1-10H. The summed E-state index contributed by atoms with van der Waals surface area (Å²) in [5.41, 5.74) is 2.35. The van der Waals surface area contributed by atoms with Crippen LogP contribution in [0.4, 0.5) is 0 Å². The molecule has 0 saturated heterocycles. The summed E-state index contributed by atoms with van der Waals surface area (Å²) in [4.78, 5) is 4.16. The van der Waals surface area contributed by atoms with E-state index in [1.165, 1.54) is 0 Å². The third kappa shape index (κ3) is 2.55. The molecule has 2 nitrogen and oxygen atoms in total. The van der Waals surface area contributed by atoms with Crippen LogP contribution in [0.1, 0.15) is 17.0 Å². The Kier molecular flexibility index (Phi) is 3.10. The van der Waals surface area contributed by atoms with Crippen molar-refractivity contribution < 1.29 is 0 Å². The Hall–Kier alpha value is -2.40. The molecule has 0 saturated carbocycles. The molecule has 1 aromatic heterocycles. The summed E-state index contributed by atoms with van der Waals surface area (Å²) in [6, 6.07) is 17.4. The summed E-state index contributed by atoms with van der Waals surface area (Å²) in [6.45, 7) is 0. The minimum Gasteiger partial charge on any atom is -0.238 e. The summed E-state index contributed by atoms with van der Waals surface area (Å²) in [5.74, 6) is 0. The van der Waals surface area contributed by atoms with E-state index in [4.69, 9.17) is 5.26 Å². The monoisotopic (exact) mass is 206 g/mol. The predicted octanol–water partition coefficient (Wildman–Crippen LogP) is 3.12. The number of hydrogen-bond donors (Lipinski definition) is 0. The Labute approximate surface area is 94.5 Å². The Morgan fingerprint density at radius 1 is 0.938 bits per heavy atom. The van der Waals surface area contributed by atoms with E-state index in [-0.39, 0.29) is 0 Å². The topological polar surface area (TPSA) is 36.7 Å². The highest BCUT2D eigenvalue weighted by Gasteiger charge is 1.92. The molecule has 0 amide bonds. The van der Waals surface area contributed by atoms with Gasteiger partial charge in [0.15, 0.2) is 0 Å². The fraction of sp³-hybridized carbons (Fsp3) is 0. The third-order valence-corrected chi connectivity index (χ3v) is 2.13. The average molecular weight is 206 g/mol. The Morgan fingerprint density at radius 3 is 2.50 bits per heavy atom. The second-order valence-corrected chi connectivity index (χ2v) is 3.30. The number of nitriles is 1. The fourth-order valence-corrected chi connectivity index (χ4v) is 1.35. The Morgan fingerprint density at radius 2 is 1.75 bits per heavy atom. The maximum Gasteiger partial charge on any atom is 0.141 e. The van der Waals surface area contributed by atoms with Crippen molar-refractivity contribution in [1.29, 1.82) is 5.26 Å². The van der Waals surface area contributed by atoms with E-state index in [0.29, 0.717) is 5.69 Å². The molecule has 0 atom stereocenters. The summed E-state index contributed by atoms with van der Waals surface area (Å²) in [7, 11) is 0. The fourth-order valence-electron chi connectivity index (χ4n) is 1.35. The average Bonchev–Trinajstić information content (AvgIpc) is 2.38. The van der Waals surface area contributed by atoms with Crippen molar-refractivity contribution in [3.8, 4) is 6.07 Å². The molecule has 0 aliphatic rings. The van der Waals surface area contributed by atoms with E-state index in [1.807, 2.05) is 60.7 Å². The zero-order chi connectivity index (χ0) is 11.2. The molecule has 2 heteroatoms. The second-order valence-electron chi connectivity index (χ2n) is 3.30. The van der Waals surface area contributed by atoms with Gasteiger partial charge in [0.25, 0.3) is 0 Å². The van der Waals surface area contributed by atoms with Crippen LogP contribution < -0.4 is 0 Å². The number of aromatic nitrogens is 1. The van der Waals surface area contributed by atoms with Crippen LogP contribution in [0.5, 0.6) is 0 Å². The van der Waals surface area contributed by atoms with E-state index in [1.54, 1.807) is 6.07 Å². The van der Waals surface area contributed by atoms with Crippen molar-refractivity contribution in [3.05, 3.63) is 65.5 Å². The van der Waals surface area contributed by atoms with Gasteiger partial charge in [0.05, 0.1) is 5.69 Å². The van der Waals surface area contributed by atoms with Gasteiger partial charge in [-0.05, 0) is 23.8 Å². The molecular weight excluding hydrogens is 196 g/mol. The molecular formula is C14H10N2. The van der Waals surface area contributed by atoms with Crippen LogP contribution in [0.2, 0.25) is 0 Å². The zero-order valence-corrected chi connectivity index (χ0v) is 8.67. The first kappa shape index (κ1) is 10.1. The number of benzene rings is 1. The van der Waals surface area contributed by atoms with Gasteiger partial charge in [-0.1, -0.05) is 42.5 Å². The molecule has 0 fully saturated rings. The molecule has 2 aromatic rings. The van der Waals surface area contributed by atoms with E-state index in [9.17, 15) is 0 Å². The van der Waals surface area contributed by atoms with Gasteiger partial charge in [0, 0.05) is 0 Å². The predicted molar refractivity (Wildman–Crippen MR) is 64.3 cm³/mol. The number of pyridine rings is 1.